The molecule has 0 aliphatic rings. The van der Waals surface area contributed by atoms with E-state index in [4.69, 9.17) is 11.6 Å². The van der Waals surface area contributed by atoms with E-state index in [0.29, 0.717) is 6.04 Å². The van der Waals surface area contributed by atoms with Crippen LogP contribution in [0.3, 0.4) is 0 Å². The zero-order chi connectivity index (χ0) is 15.5. The molecule has 0 saturated heterocycles. The fourth-order valence-corrected chi connectivity index (χ4v) is 3.05. The van der Waals surface area contributed by atoms with E-state index in [1.807, 2.05) is 12.1 Å². The standard InChI is InChI=1S/C18H29BrClN/c1-16(17-10-12-18(20)13-11-17)21(2)15-9-7-5-3-4-6-8-14-19/h10-13,16H,3-9,14-15H2,1-2H3. The maximum atomic E-state index is 5.94. The Morgan fingerprint density at radius 1 is 0.952 bits per heavy atom. The molecular weight excluding hydrogens is 346 g/mol. The molecule has 0 aliphatic carbocycles. The van der Waals surface area contributed by atoms with E-state index < -0.39 is 0 Å². The monoisotopic (exact) mass is 373 g/mol. The molecule has 1 rings (SSSR count). The van der Waals surface area contributed by atoms with Crippen molar-refractivity contribution < 1.29 is 0 Å². The van der Waals surface area contributed by atoms with Gasteiger partial charge in [-0.1, -0.05) is 71.8 Å². The topological polar surface area (TPSA) is 3.24 Å². The van der Waals surface area contributed by atoms with Crippen LogP contribution in [0.15, 0.2) is 24.3 Å². The molecule has 0 aromatic heterocycles. The largest absolute Gasteiger partial charge is 0.300 e. The maximum Gasteiger partial charge on any atom is 0.0406 e. The minimum atomic E-state index is 0.459. The zero-order valence-electron chi connectivity index (χ0n) is 13.5. The second-order valence-electron chi connectivity index (χ2n) is 5.87. The zero-order valence-corrected chi connectivity index (χ0v) is 15.8. The Balaban J connectivity index is 2.12. The van der Waals surface area contributed by atoms with E-state index in [-0.39, 0.29) is 0 Å². The normalized spacial score (nSPS) is 12.8. The first kappa shape index (κ1) is 19.0. The quantitative estimate of drug-likeness (QED) is 0.317. The van der Waals surface area contributed by atoms with E-state index in [1.54, 1.807) is 0 Å². The number of nitrogens with zero attached hydrogens (tertiary/aromatic N) is 1. The third-order valence-electron chi connectivity index (χ3n) is 4.16. The van der Waals surface area contributed by atoms with Crippen LogP contribution in [0.1, 0.15) is 63.5 Å². The molecule has 0 amide bonds. The molecule has 3 heteroatoms. The molecule has 0 radical (unpaired) electrons. The predicted octanol–water partition coefficient (Wildman–Crippen LogP) is 6.46. The van der Waals surface area contributed by atoms with Crippen molar-refractivity contribution in [2.75, 3.05) is 18.9 Å². The summed E-state index contributed by atoms with van der Waals surface area (Å²) in [7, 11) is 2.22. The highest BCUT2D eigenvalue weighted by molar-refractivity contribution is 9.09. The summed E-state index contributed by atoms with van der Waals surface area (Å²) in [6, 6.07) is 8.68. The molecule has 1 aromatic rings. The summed E-state index contributed by atoms with van der Waals surface area (Å²) in [5, 5.41) is 1.97. The van der Waals surface area contributed by atoms with Gasteiger partial charge in [-0.15, -0.1) is 0 Å². The van der Waals surface area contributed by atoms with Gasteiger partial charge in [0.2, 0.25) is 0 Å². The Morgan fingerprint density at radius 3 is 2.05 bits per heavy atom. The van der Waals surface area contributed by atoms with Crippen molar-refractivity contribution in [3.63, 3.8) is 0 Å². The van der Waals surface area contributed by atoms with Crippen LogP contribution in [0, 0.1) is 0 Å². The van der Waals surface area contributed by atoms with Crippen molar-refractivity contribution in [1.82, 2.24) is 4.90 Å². The Hall–Kier alpha value is -0.0500. The molecular formula is C18H29BrClN. The van der Waals surface area contributed by atoms with E-state index >= 15 is 0 Å². The molecule has 0 saturated carbocycles. The first-order valence-electron chi connectivity index (χ1n) is 8.17. The highest BCUT2D eigenvalue weighted by Crippen LogP contribution is 2.21. The van der Waals surface area contributed by atoms with E-state index in [9.17, 15) is 0 Å². The summed E-state index contributed by atoms with van der Waals surface area (Å²) in [5.41, 5.74) is 1.34. The maximum absolute atomic E-state index is 5.94. The average molecular weight is 375 g/mol. The van der Waals surface area contributed by atoms with Gasteiger partial charge in [-0.25, -0.2) is 0 Å². The third-order valence-corrected chi connectivity index (χ3v) is 4.97. The molecule has 21 heavy (non-hydrogen) atoms. The minimum absolute atomic E-state index is 0.459. The van der Waals surface area contributed by atoms with Crippen LogP contribution in [0.5, 0.6) is 0 Å². The molecule has 0 fully saturated rings. The number of hydrogen-bond donors (Lipinski definition) is 0. The van der Waals surface area contributed by atoms with Crippen LogP contribution >= 0.6 is 27.5 Å². The lowest BCUT2D eigenvalue weighted by molar-refractivity contribution is 0.255. The summed E-state index contributed by atoms with van der Waals surface area (Å²) in [4.78, 5) is 2.44. The van der Waals surface area contributed by atoms with Crippen LogP contribution in [0.4, 0.5) is 0 Å². The third kappa shape index (κ3) is 8.23. The van der Waals surface area contributed by atoms with Gasteiger partial charge in [0.05, 0.1) is 0 Å². The van der Waals surface area contributed by atoms with Gasteiger partial charge in [-0.2, -0.15) is 0 Å². The molecule has 0 aliphatic heterocycles. The molecule has 1 nitrogen and oxygen atoms in total. The van der Waals surface area contributed by atoms with Gasteiger partial charge >= 0.3 is 0 Å². The van der Waals surface area contributed by atoms with E-state index in [0.717, 1.165) is 10.4 Å². The van der Waals surface area contributed by atoms with Crippen LogP contribution in [-0.4, -0.2) is 23.8 Å². The molecule has 0 N–H and O–H groups in total. The molecule has 1 atom stereocenters. The summed E-state index contributed by atoms with van der Waals surface area (Å²) in [6.45, 7) is 3.44. The average Bonchev–Trinajstić information content (AvgIpc) is 2.49. The fraction of sp³-hybridized carbons (Fsp3) is 0.667. The van der Waals surface area contributed by atoms with Crippen molar-refractivity contribution >= 4 is 27.5 Å². The lowest BCUT2D eigenvalue weighted by atomic mass is 10.1. The van der Waals surface area contributed by atoms with Crippen molar-refractivity contribution in [1.29, 1.82) is 0 Å². The van der Waals surface area contributed by atoms with Gasteiger partial charge in [0.15, 0.2) is 0 Å². The molecule has 1 aromatic carbocycles. The Labute approximate surface area is 144 Å². The Kier molecular flexibility index (Phi) is 10.4. The summed E-state index contributed by atoms with van der Waals surface area (Å²) < 4.78 is 0. The first-order chi connectivity index (χ1) is 10.1. The van der Waals surface area contributed by atoms with Crippen LogP contribution in [-0.2, 0) is 0 Å². The number of alkyl halides is 1. The van der Waals surface area contributed by atoms with Crippen molar-refractivity contribution in [3.05, 3.63) is 34.9 Å². The molecule has 120 valence electrons. The Bertz CT molecular complexity index is 366. The first-order valence-corrected chi connectivity index (χ1v) is 9.66. The second kappa shape index (κ2) is 11.5. The molecule has 0 heterocycles. The number of rotatable bonds is 11. The van der Waals surface area contributed by atoms with Gasteiger partial charge < -0.3 is 0 Å². The van der Waals surface area contributed by atoms with E-state index in [2.05, 4.69) is 46.9 Å². The molecule has 0 bridgehead atoms. The highest BCUT2D eigenvalue weighted by atomic mass is 79.9. The van der Waals surface area contributed by atoms with Gasteiger partial charge in [-0.3, -0.25) is 4.90 Å². The molecule has 1 unspecified atom stereocenters. The van der Waals surface area contributed by atoms with Crippen molar-refractivity contribution in [3.8, 4) is 0 Å². The van der Waals surface area contributed by atoms with Gasteiger partial charge in [0.1, 0.15) is 0 Å². The Morgan fingerprint density at radius 2 is 1.48 bits per heavy atom. The van der Waals surface area contributed by atoms with Crippen molar-refractivity contribution in [2.24, 2.45) is 0 Å². The predicted molar refractivity (Wildman–Crippen MR) is 98.6 cm³/mol. The second-order valence-corrected chi connectivity index (χ2v) is 7.10. The number of halogens is 2. The number of hydrogen-bond acceptors (Lipinski definition) is 1. The highest BCUT2D eigenvalue weighted by Gasteiger charge is 2.10. The molecule has 0 spiro atoms. The van der Waals surface area contributed by atoms with Gasteiger partial charge in [0.25, 0.3) is 0 Å². The summed E-state index contributed by atoms with van der Waals surface area (Å²) >= 11 is 9.43. The van der Waals surface area contributed by atoms with Crippen LogP contribution < -0.4 is 0 Å². The van der Waals surface area contributed by atoms with Crippen LogP contribution in [0.25, 0.3) is 0 Å². The summed E-state index contributed by atoms with van der Waals surface area (Å²) in [5.74, 6) is 0. The fourth-order valence-electron chi connectivity index (χ4n) is 2.53. The number of unbranched alkanes of at least 4 members (excludes halogenated alkanes) is 6. The lowest BCUT2D eigenvalue weighted by Crippen LogP contribution is -2.23. The van der Waals surface area contributed by atoms with Gasteiger partial charge in [-0.05, 0) is 51.1 Å². The van der Waals surface area contributed by atoms with Crippen molar-refractivity contribution in [2.45, 2.75) is 57.9 Å². The smallest absolute Gasteiger partial charge is 0.0406 e. The van der Waals surface area contributed by atoms with E-state index in [1.165, 1.54) is 57.1 Å². The van der Waals surface area contributed by atoms with Gasteiger partial charge in [0, 0.05) is 16.4 Å². The van der Waals surface area contributed by atoms with Crippen LogP contribution in [0.2, 0.25) is 5.02 Å². The minimum Gasteiger partial charge on any atom is -0.300 e. The summed E-state index contributed by atoms with van der Waals surface area (Å²) in [6.07, 6.45) is 9.51. The SMILES string of the molecule is CC(c1ccc(Cl)cc1)N(C)CCCCCCCCCBr. The number of benzene rings is 1. The lowest BCUT2D eigenvalue weighted by Gasteiger charge is -2.25.